The molecule has 3 aromatic rings. The van der Waals surface area contributed by atoms with E-state index in [0.717, 1.165) is 93.3 Å². The molecule has 1 heterocycles. The third-order valence-corrected chi connectivity index (χ3v) is 11.6. The minimum absolute atomic E-state index is 0.0673. The molecule has 4 aliphatic carbocycles. The van der Waals surface area contributed by atoms with Crippen molar-refractivity contribution >= 4 is 17.6 Å². The molecular weight excluding hydrogens is 574 g/mol. The molecule has 246 valence electrons. The Labute approximate surface area is 274 Å². The molecule has 1 N–H and O–H groups in total. The lowest BCUT2D eigenvalue weighted by atomic mass is 9.51. The van der Waals surface area contributed by atoms with E-state index in [2.05, 4.69) is 86.4 Å². The summed E-state index contributed by atoms with van der Waals surface area (Å²) in [6, 6.07) is 15.2. The van der Waals surface area contributed by atoms with Gasteiger partial charge in [-0.2, -0.15) is 5.10 Å². The van der Waals surface area contributed by atoms with Crippen molar-refractivity contribution in [2.45, 2.75) is 109 Å². The molecule has 0 saturated heterocycles. The standard InChI is InChI=1S/C39H51N3O4/c1-27-21-32(13-14-34(27)46-5)39-18-15-38(16-19-39,17-20-39)26-41(36(45)29-11-9-28(10-12-29)22-35(43)44)33-8-6-7-30(23-33)31-24-40-42(25-31)37(2,3)4/h6-8,13-14,21,23-25,28-29H,9-12,15-20,22,26H2,1-5H3,(H,43,44)/t28-,29-,38?,39?. The maximum atomic E-state index is 14.5. The monoisotopic (exact) mass is 625 g/mol. The second-order valence-electron chi connectivity index (χ2n) is 15.6. The molecule has 0 unspecified atom stereocenters. The molecule has 2 bridgehead atoms. The number of benzene rings is 2. The van der Waals surface area contributed by atoms with Crippen LogP contribution in [0.15, 0.2) is 54.9 Å². The van der Waals surface area contributed by atoms with E-state index in [1.807, 2.05) is 10.9 Å². The van der Waals surface area contributed by atoms with Gasteiger partial charge in [0.15, 0.2) is 0 Å². The van der Waals surface area contributed by atoms with Gasteiger partial charge in [-0.3, -0.25) is 14.3 Å². The third kappa shape index (κ3) is 6.47. The predicted octanol–water partition coefficient (Wildman–Crippen LogP) is 8.53. The Kier molecular flexibility index (Phi) is 8.81. The number of anilines is 1. The first kappa shape index (κ1) is 32.3. The first-order valence-corrected chi connectivity index (χ1v) is 17.2. The highest BCUT2D eigenvalue weighted by molar-refractivity contribution is 5.96. The van der Waals surface area contributed by atoms with Gasteiger partial charge >= 0.3 is 5.97 Å². The van der Waals surface area contributed by atoms with Crippen LogP contribution in [0.25, 0.3) is 11.1 Å². The van der Waals surface area contributed by atoms with Crippen molar-refractivity contribution in [3.8, 4) is 16.9 Å². The number of carboxylic acid groups (broad SMARTS) is 1. The molecule has 0 spiro atoms. The van der Waals surface area contributed by atoms with Crippen LogP contribution < -0.4 is 9.64 Å². The van der Waals surface area contributed by atoms with Gasteiger partial charge in [0.2, 0.25) is 5.91 Å². The van der Waals surface area contributed by atoms with Crippen LogP contribution in [-0.2, 0) is 20.5 Å². The summed E-state index contributed by atoms with van der Waals surface area (Å²) in [5, 5.41) is 14.0. The van der Waals surface area contributed by atoms with E-state index in [9.17, 15) is 14.7 Å². The van der Waals surface area contributed by atoms with Crippen LogP contribution in [0.2, 0.25) is 0 Å². The Balaban J connectivity index is 1.26. The molecule has 4 aliphatic rings. The van der Waals surface area contributed by atoms with Crippen LogP contribution in [0, 0.1) is 24.2 Å². The van der Waals surface area contributed by atoms with Crippen molar-refractivity contribution in [1.29, 1.82) is 0 Å². The molecule has 7 heteroatoms. The average molecular weight is 626 g/mol. The van der Waals surface area contributed by atoms with E-state index in [-0.39, 0.29) is 40.5 Å². The van der Waals surface area contributed by atoms with Gasteiger partial charge < -0.3 is 14.7 Å². The number of rotatable bonds is 9. The van der Waals surface area contributed by atoms with Gasteiger partial charge in [0, 0.05) is 36.3 Å². The van der Waals surface area contributed by atoms with Crippen LogP contribution >= 0.6 is 0 Å². The maximum absolute atomic E-state index is 14.5. The average Bonchev–Trinajstić information content (AvgIpc) is 3.56. The highest BCUT2D eigenvalue weighted by Gasteiger charge is 2.50. The first-order chi connectivity index (χ1) is 21.9. The van der Waals surface area contributed by atoms with E-state index in [1.165, 1.54) is 11.1 Å². The topological polar surface area (TPSA) is 84.7 Å². The molecule has 2 aromatic carbocycles. The minimum Gasteiger partial charge on any atom is -0.496 e. The predicted molar refractivity (Wildman–Crippen MR) is 182 cm³/mol. The molecule has 0 atom stereocenters. The number of aliphatic carboxylic acids is 1. The number of nitrogens with zero attached hydrogens (tertiary/aromatic N) is 3. The third-order valence-electron chi connectivity index (χ3n) is 11.6. The number of carboxylic acids is 1. The zero-order valence-corrected chi connectivity index (χ0v) is 28.3. The maximum Gasteiger partial charge on any atom is 0.303 e. The number of ether oxygens (including phenoxy) is 1. The largest absolute Gasteiger partial charge is 0.496 e. The van der Waals surface area contributed by atoms with Gasteiger partial charge in [-0.15, -0.1) is 0 Å². The number of carbonyl (C=O) groups is 2. The van der Waals surface area contributed by atoms with Gasteiger partial charge in [0.1, 0.15) is 5.75 Å². The van der Waals surface area contributed by atoms with Crippen LogP contribution in [-0.4, -0.2) is 40.4 Å². The summed E-state index contributed by atoms with van der Waals surface area (Å²) in [6.45, 7) is 9.30. The molecule has 1 amide bonds. The number of hydrogen-bond donors (Lipinski definition) is 1. The summed E-state index contributed by atoms with van der Waals surface area (Å²) in [5.74, 6) is 0.515. The zero-order chi connectivity index (χ0) is 32.7. The second kappa shape index (κ2) is 12.5. The Morgan fingerprint density at radius 2 is 1.67 bits per heavy atom. The number of hydrogen-bond acceptors (Lipinski definition) is 4. The van der Waals surface area contributed by atoms with E-state index in [1.54, 1.807) is 7.11 Å². The first-order valence-electron chi connectivity index (χ1n) is 17.2. The fourth-order valence-electron chi connectivity index (χ4n) is 8.55. The summed E-state index contributed by atoms with van der Waals surface area (Å²) in [6.07, 6.45) is 14.1. The number of amides is 1. The lowest BCUT2D eigenvalue weighted by Crippen LogP contribution is -2.51. The van der Waals surface area contributed by atoms with Crippen LogP contribution in [0.3, 0.4) is 0 Å². The van der Waals surface area contributed by atoms with Gasteiger partial charge in [0.25, 0.3) is 0 Å². The number of methoxy groups -OCH3 is 1. The van der Waals surface area contributed by atoms with Crippen molar-refractivity contribution < 1.29 is 19.4 Å². The fourth-order valence-corrected chi connectivity index (χ4v) is 8.55. The van der Waals surface area contributed by atoms with Crippen molar-refractivity contribution in [2.75, 3.05) is 18.6 Å². The van der Waals surface area contributed by atoms with Gasteiger partial charge in [-0.05, 0) is 144 Å². The number of aromatic nitrogens is 2. The van der Waals surface area contributed by atoms with E-state index in [4.69, 9.17) is 4.74 Å². The van der Waals surface area contributed by atoms with Gasteiger partial charge in [-0.1, -0.05) is 24.3 Å². The van der Waals surface area contributed by atoms with Gasteiger partial charge in [0.05, 0.1) is 18.8 Å². The van der Waals surface area contributed by atoms with Crippen molar-refractivity contribution in [3.05, 3.63) is 66.0 Å². The summed E-state index contributed by atoms with van der Waals surface area (Å²) < 4.78 is 7.54. The Bertz CT molecular complexity index is 1550. The van der Waals surface area contributed by atoms with Crippen LogP contribution in [0.1, 0.15) is 103 Å². The van der Waals surface area contributed by atoms with E-state index in [0.29, 0.717) is 0 Å². The summed E-state index contributed by atoms with van der Waals surface area (Å²) >= 11 is 0. The number of aryl methyl sites for hydroxylation is 1. The Morgan fingerprint density at radius 3 is 2.26 bits per heavy atom. The molecule has 4 fully saturated rings. The Morgan fingerprint density at radius 1 is 0.978 bits per heavy atom. The zero-order valence-electron chi connectivity index (χ0n) is 28.3. The van der Waals surface area contributed by atoms with E-state index >= 15 is 0 Å². The molecule has 7 rings (SSSR count). The molecule has 46 heavy (non-hydrogen) atoms. The normalized spacial score (nSPS) is 26.1. The lowest BCUT2D eigenvalue weighted by Gasteiger charge is -2.55. The molecule has 7 nitrogen and oxygen atoms in total. The van der Waals surface area contributed by atoms with E-state index < -0.39 is 5.97 Å². The number of carbonyl (C=O) groups excluding carboxylic acids is 1. The molecule has 0 aliphatic heterocycles. The van der Waals surface area contributed by atoms with Crippen molar-refractivity contribution in [2.24, 2.45) is 17.3 Å². The SMILES string of the molecule is COc1ccc(C23CCC(CN(c4cccc(-c5cnn(C(C)(C)C)c5)c4)C(=O)[C@H]4CC[C@H](CC(=O)O)CC4)(CC2)CC3)cc1C. The lowest BCUT2D eigenvalue weighted by molar-refractivity contribution is -0.138. The molecule has 4 saturated carbocycles. The Hall–Kier alpha value is -3.61. The summed E-state index contributed by atoms with van der Waals surface area (Å²) in [4.78, 5) is 28.0. The number of fused-ring (bicyclic) bond motifs is 3. The molecule has 1 aromatic heterocycles. The highest BCUT2D eigenvalue weighted by Crippen LogP contribution is 2.58. The van der Waals surface area contributed by atoms with Gasteiger partial charge in [-0.25, -0.2) is 0 Å². The van der Waals surface area contributed by atoms with Crippen LogP contribution in [0.5, 0.6) is 5.75 Å². The summed E-state index contributed by atoms with van der Waals surface area (Å²) in [5.41, 5.74) is 5.91. The fraction of sp³-hybridized carbons (Fsp3) is 0.564. The quantitative estimate of drug-likeness (QED) is 0.258. The van der Waals surface area contributed by atoms with Crippen LogP contribution in [0.4, 0.5) is 5.69 Å². The highest BCUT2D eigenvalue weighted by atomic mass is 16.5. The summed E-state index contributed by atoms with van der Waals surface area (Å²) in [7, 11) is 1.74. The minimum atomic E-state index is -0.738. The second-order valence-corrected chi connectivity index (χ2v) is 15.6. The van der Waals surface area contributed by atoms with Crippen molar-refractivity contribution in [1.82, 2.24) is 9.78 Å². The smallest absolute Gasteiger partial charge is 0.303 e. The molecule has 0 radical (unpaired) electrons. The van der Waals surface area contributed by atoms with Crippen molar-refractivity contribution in [3.63, 3.8) is 0 Å². The molecular formula is C39H51N3O4.